The summed E-state index contributed by atoms with van der Waals surface area (Å²) in [7, 11) is -0.445. The van der Waals surface area contributed by atoms with Gasteiger partial charge in [0.25, 0.3) is 0 Å². The third kappa shape index (κ3) is 4.34. The second-order valence-electron chi connectivity index (χ2n) is 8.87. The molecule has 0 spiro atoms. The Morgan fingerprint density at radius 3 is 2.38 bits per heavy atom. The fourth-order valence-corrected chi connectivity index (χ4v) is 3.31. The second kappa shape index (κ2) is 7.85. The van der Waals surface area contributed by atoms with Crippen LogP contribution in [0.5, 0.6) is 0 Å². The van der Waals surface area contributed by atoms with Crippen LogP contribution in [-0.2, 0) is 9.31 Å². The summed E-state index contributed by atoms with van der Waals surface area (Å²) < 4.78 is 18.6. The largest absolute Gasteiger partial charge is 0.495 e. The van der Waals surface area contributed by atoms with Gasteiger partial charge in [0.15, 0.2) is 0 Å². The average Bonchev–Trinajstić information content (AvgIpc) is 3.04. The molecule has 3 rings (SSSR count). The van der Waals surface area contributed by atoms with Crippen molar-refractivity contribution < 1.29 is 13.7 Å². The zero-order valence-electron chi connectivity index (χ0n) is 18.4. The second-order valence-corrected chi connectivity index (χ2v) is 8.87. The molecule has 1 aliphatic rings. The minimum Gasteiger partial charge on any atom is -0.456 e. The van der Waals surface area contributed by atoms with Crippen LogP contribution in [0.2, 0.25) is 0 Å². The summed E-state index contributed by atoms with van der Waals surface area (Å²) in [6.45, 7) is 20.5. The van der Waals surface area contributed by atoms with E-state index in [2.05, 4.69) is 59.9 Å². The van der Waals surface area contributed by atoms with Gasteiger partial charge in [0.2, 0.25) is 0 Å². The van der Waals surface area contributed by atoms with Gasteiger partial charge in [-0.15, -0.1) is 0 Å². The van der Waals surface area contributed by atoms with Gasteiger partial charge in [0.05, 0.1) is 11.2 Å². The van der Waals surface area contributed by atoms with Gasteiger partial charge in [-0.1, -0.05) is 62.1 Å². The maximum atomic E-state index is 6.26. The fourth-order valence-electron chi connectivity index (χ4n) is 3.31. The number of hydrogen-bond donors (Lipinski definition) is 0. The van der Waals surface area contributed by atoms with Gasteiger partial charge >= 0.3 is 7.12 Å². The summed E-state index contributed by atoms with van der Waals surface area (Å²) in [5, 5.41) is 1.83. The molecular weight excluding hydrogens is 359 g/mol. The van der Waals surface area contributed by atoms with Crippen LogP contribution in [0.3, 0.4) is 0 Å². The number of allylic oxidation sites excluding steroid dienone is 5. The van der Waals surface area contributed by atoms with Crippen LogP contribution in [0.1, 0.15) is 41.5 Å². The molecule has 152 valence electrons. The first-order valence-corrected chi connectivity index (χ1v) is 10.1. The van der Waals surface area contributed by atoms with Gasteiger partial charge < -0.3 is 13.7 Å². The Labute approximate surface area is 174 Å². The lowest BCUT2D eigenvalue weighted by Gasteiger charge is -2.32. The van der Waals surface area contributed by atoms with Crippen molar-refractivity contribution in [2.45, 2.75) is 52.7 Å². The maximum absolute atomic E-state index is 6.26. The standard InChI is InChI=1S/C25H31BO3/c1-17(2)12-9-10-13-18(3)16-22-19(4)23-20(14-11-15-21(23)27-22)26-28-24(5,6)25(7,8)29-26/h9-16,18H,1,4H2,2-3,5-8H3/b12-9-,13-10-,22-16+. The van der Waals surface area contributed by atoms with E-state index in [1.165, 1.54) is 0 Å². The van der Waals surface area contributed by atoms with Crippen molar-refractivity contribution in [1.82, 2.24) is 0 Å². The minimum atomic E-state index is -0.445. The summed E-state index contributed by atoms with van der Waals surface area (Å²) >= 11 is 0. The SMILES string of the molecule is C=C(C)/C=C\C=C/C(C)/C=c1/oc2cccc(B3OC(C)(C)C(C)(C)O3)c2c1=C. The number of fused-ring (bicyclic) bond motifs is 1. The first-order valence-electron chi connectivity index (χ1n) is 10.1. The summed E-state index contributed by atoms with van der Waals surface area (Å²) in [5.74, 6) is 0.200. The van der Waals surface area contributed by atoms with E-state index >= 15 is 0 Å². The molecule has 1 aromatic carbocycles. The zero-order valence-corrected chi connectivity index (χ0v) is 18.4. The highest BCUT2D eigenvalue weighted by Crippen LogP contribution is 2.36. The van der Waals surface area contributed by atoms with E-state index < -0.39 is 18.3 Å². The van der Waals surface area contributed by atoms with Crippen molar-refractivity contribution >= 4 is 36.2 Å². The number of benzene rings is 1. The van der Waals surface area contributed by atoms with E-state index in [0.29, 0.717) is 0 Å². The first kappa shape index (κ1) is 21.4. The first-order chi connectivity index (χ1) is 13.5. The molecular formula is C25H31BO3. The molecule has 0 aliphatic carbocycles. The highest BCUT2D eigenvalue weighted by atomic mass is 16.7. The third-order valence-corrected chi connectivity index (χ3v) is 5.71. The number of hydrogen-bond acceptors (Lipinski definition) is 3. The van der Waals surface area contributed by atoms with Crippen LogP contribution in [0.25, 0.3) is 23.6 Å². The lowest BCUT2D eigenvalue weighted by molar-refractivity contribution is 0.00578. The van der Waals surface area contributed by atoms with Gasteiger partial charge in [-0.3, -0.25) is 0 Å². The molecule has 29 heavy (non-hydrogen) atoms. The van der Waals surface area contributed by atoms with Crippen LogP contribution in [0.15, 0.2) is 59.1 Å². The molecule has 0 saturated carbocycles. The molecule has 4 heteroatoms. The molecule has 0 N–H and O–H groups in total. The molecule has 0 radical (unpaired) electrons. The van der Waals surface area contributed by atoms with Crippen LogP contribution >= 0.6 is 0 Å². The van der Waals surface area contributed by atoms with Crippen molar-refractivity contribution in [2.24, 2.45) is 5.92 Å². The summed E-state index contributed by atoms with van der Waals surface area (Å²) in [4.78, 5) is 0. The zero-order chi connectivity index (χ0) is 21.4. The van der Waals surface area contributed by atoms with Crippen molar-refractivity contribution in [2.75, 3.05) is 0 Å². The van der Waals surface area contributed by atoms with E-state index in [9.17, 15) is 0 Å². The van der Waals surface area contributed by atoms with Crippen molar-refractivity contribution in [3.63, 3.8) is 0 Å². The maximum Gasteiger partial charge on any atom is 0.495 e. The molecule has 1 unspecified atom stereocenters. The van der Waals surface area contributed by atoms with Crippen molar-refractivity contribution in [3.05, 3.63) is 65.3 Å². The molecule has 1 aromatic heterocycles. The van der Waals surface area contributed by atoms with Crippen molar-refractivity contribution in [3.8, 4) is 0 Å². The lowest BCUT2D eigenvalue weighted by Crippen LogP contribution is -2.41. The molecule has 2 aromatic rings. The molecule has 1 saturated heterocycles. The minimum absolute atomic E-state index is 0.200. The lowest BCUT2D eigenvalue weighted by atomic mass is 9.77. The summed E-state index contributed by atoms with van der Waals surface area (Å²) in [6, 6.07) is 5.97. The molecule has 2 heterocycles. The molecule has 1 atom stereocenters. The Kier molecular flexibility index (Phi) is 5.80. The summed E-state index contributed by atoms with van der Waals surface area (Å²) in [6.07, 6.45) is 10.2. The van der Waals surface area contributed by atoms with E-state index in [-0.39, 0.29) is 5.92 Å². The Morgan fingerprint density at radius 2 is 1.76 bits per heavy atom. The molecule has 1 fully saturated rings. The van der Waals surface area contributed by atoms with Crippen molar-refractivity contribution in [1.29, 1.82) is 0 Å². The van der Waals surface area contributed by atoms with Gasteiger partial charge in [-0.05, 0) is 58.1 Å². The van der Waals surface area contributed by atoms with E-state index in [0.717, 1.165) is 32.6 Å². The van der Waals surface area contributed by atoms with E-state index in [1.54, 1.807) is 0 Å². The van der Waals surface area contributed by atoms with Gasteiger partial charge in [-0.25, -0.2) is 0 Å². The topological polar surface area (TPSA) is 31.6 Å². The Morgan fingerprint density at radius 1 is 1.10 bits per heavy atom. The normalized spacial score (nSPS) is 20.3. The quantitative estimate of drug-likeness (QED) is 0.565. The predicted molar refractivity (Wildman–Crippen MR) is 123 cm³/mol. The smallest absolute Gasteiger partial charge is 0.456 e. The number of furan rings is 1. The Balaban J connectivity index is 1.98. The number of rotatable bonds is 5. The van der Waals surface area contributed by atoms with Gasteiger partial charge in [-0.2, -0.15) is 0 Å². The van der Waals surface area contributed by atoms with Gasteiger partial charge in [0, 0.05) is 10.6 Å². The fraction of sp³-hybridized carbons (Fsp3) is 0.360. The third-order valence-electron chi connectivity index (χ3n) is 5.71. The van der Waals surface area contributed by atoms with Crippen LogP contribution < -0.4 is 16.1 Å². The highest BCUT2D eigenvalue weighted by molar-refractivity contribution is 6.65. The van der Waals surface area contributed by atoms with E-state index in [4.69, 9.17) is 13.7 Å². The monoisotopic (exact) mass is 390 g/mol. The molecule has 3 nitrogen and oxygen atoms in total. The highest BCUT2D eigenvalue weighted by Gasteiger charge is 2.52. The summed E-state index contributed by atoms with van der Waals surface area (Å²) in [5.41, 5.74) is 2.78. The van der Waals surface area contributed by atoms with Gasteiger partial charge in [0.1, 0.15) is 11.0 Å². The molecule has 0 amide bonds. The predicted octanol–water partition coefficient (Wildman–Crippen LogP) is 4.25. The van der Waals surface area contributed by atoms with Crippen LogP contribution in [0, 0.1) is 5.92 Å². The van der Waals surface area contributed by atoms with Crippen LogP contribution in [-0.4, -0.2) is 18.3 Å². The Bertz CT molecular complexity index is 1070. The van der Waals surface area contributed by atoms with E-state index in [1.807, 2.05) is 43.4 Å². The molecule has 1 aliphatic heterocycles. The Hall–Kier alpha value is -2.30. The molecule has 0 bridgehead atoms. The average molecular weight is 390 g/mol. The van der Waals surface area contributed by atoms with Crippen LogP contribution in [0.4, 0.5) is 0 Å².